The van der Waals surface area contributed by atoms with E-state index < -0.39 is 23.5 Å². The van der Waals surface area contributed by atoms with Crippen LogP contribution in [0.15, 0.2) is 60.7 Å². The van der Waals surface area contributed by atoms with Gasteiger partial charge in [0.1, 0.15) is 11.9 Å². The third-order valence-electron chi connectivity index (χ3n) is 4.52. The fourth-order valence-corrected chi connectivity index (χ4v) is 3.08. The van der Waals surface area contributed by atoms with Crippen molar-refractivity contribution in [3.05, 3.63) is 66.2 Å². The highest BCUT2D eigenvalue weighted by Crippen LogP contribution is 2.30. The minimum Gasteiger partial charge on any atom is -0.478 e. The highest BCUT2D eigenvalue weighted by atomic mass is 16.6. The molecule has 2 aromatic rings. The Morgan fingerprint density at radius 1 is 1.00 bits per heavy atom. The Kier molecular flexibility index (Phi) is 7.55. The highest BCUT2D eigenvalue weighted by Gasteiger charge is 2.56. The second kappa shape index (κ2) is 9.88. The second-order valence-corrected chi connectivity index (χ2v) is 6.37. The van der Waals surface area contributed by atoms with E-state index in [0.717, 1.165) is 19.3 Å². The summed E-state index contributed by atoms with van der Waals surface area (Å²) >= 11 is 0. The number of aliphatic carboxylic acids is 1. The molecule has 0 radical (unpaired) electrons. The largest absolute Gasteiger partial charge is 0.478 e. The molecule has 2 atom stereocenters. The van der Waals surface area contributed by atoms with Gasteiger partial charge in [0.15, 0.2) is 0 Å². The zero-order chi connectivity index (χ0) is 19.7. The van der Waals surface area contributed by atoms with Gasteiger partial charge in [-0.3, -0.25) is 4.79 Å². The van der Waals surface area contributed by atoms with E-state index in [1.54, 1.807) is 60.7 Å². The van der Waals surface area contributed by atoms with Crippen molar-refractivity contribution >= 4 is 11.8 Å². The smallest absolute Gasteiger partial charge is 0.359 e. The van der Waals surface area contributed by atoms with Gasteiger partial charge in [0, 0.05) is 12.7 Å². The van der Waals surface area contributed by atoms with E-state index >= 15 is 0 Å². The molecule has 2 rings (SSSR count). The van der Waals surface area contributed by atoms with Gasteiger partial charge in [-0.05, 0) is 18.6 Å². The number of unbranched alkanes of at least 4 members (excludes halogenated alkanes) is 2. The number of carbonyl (C=O) groups excluding carboxylic acids is 1. The van der Waals surface area contributed by atoms with Gasteiger partial charge in [0.05, 0.1) is 0 Å². The highest BCUT2D eigenvalue weighted by molar-refractivity contribution is 6.16. The van der Waals surface area contributed by atoms with Crippen molar-refractivity contribution < 1.29 is 24.2 Å². The summed E-state index contributed by atoms with van der Waals surface area (Å²) in [6, 6.07) is 16.9. The molecule has 0 aromatic heterocycles. The van der Waals surface area contributed by atoms with Crippen LogP contribution in [-0.4, -0.2) is 35.7 Å². The number of carboxylic acids is 1. The molecule has 0 bridgehead atoms. The number of ketones is 1. The van der Waals surface area contributed by atoms with Gasteiger partial charge in [-0.25, -0.2) is 4.79 Å². The van der Waals surface area contributed by atoms with Gasteiger partial charge in [0.25, 0.3) is 5.60 Å². The average Bonchev–Trinajstić information content (AvgIpc) is 2.70. The molecular weight excluding hydrogens is 344 g/mol. The molecule has 1 N–H and O–H groups in total. The van der Waals surface area contributed by atoms with Crippen molar-refractivity contribution in [1.29, 1.82) is 0 Å². The van der Waals surface area contributed by atoms with E-state index in [4.69, 9.17) is 9.47 Å². The van der Waals surface area contributed by atoms with Crippen molar-refractivity contribution in [2.24, 2.45) is 0 Å². The molecule has 0 aliphatic heterocycles. The van der Waals surface area contributed by atoms with Crippen LogP contribution in [0, 0.1) is 0 Å². The SMILES string of the molecule is CCCCCC(OC)C(Oc1ccccc1)(C(=O)O)C(=O)c1ccccc1. The maximum Gasteiger partial charge on any atom is 0.359 e. The molecule has 5 nitrogen and oxygen atoms in total. The average molecular weight is 370 g/mol. The van der Waals surface area contributed by atoms with Gasteiger partial charge < -0.3 is 14.6 Å². The molecule has 27 heavy (non-hydrogen) atoms. The van der Waals surface area contributed by atoms with Gasteiger partial charge >= 0.3 is 5.97 Å². The molecule has 5 heteroatoms. The summed E-state index contributed by atoms with van der Waals surface area (Å²) in [7, 11) is 1.42. The Hall–Kier alpha value is -2.66. The van der Waals surface area contributed by atoms with Crippen LogP contribution in [0.4, 0.5) is 0 Å². The van der Waals surface area contributed by atoms with Crippen LogP contribution in [-0.2, 0) is 9.53 Å². The second-order valence-electron chi connectivity index (χ2n) is 6.37. The van der Waals surface area contributed by atoms with Gasteiger partial charge in [0.2, 0.25) is 5.78 Å². The fraction of sp³-hybridized carbons (Fsp3) is 0.364. The van der Waals surface area contributed by atoms with Crippen LogP contribution in [0.25, 0.3) is 0 Å². The van der Waals surface area contributed by atoms with Crippen molar-refractivity contribution in [1.82, 2.24) is 0 Å². The lowest BCUT2D eigenvalue weighted by Gasteiger charge is -2.35. The predicted octanol–water partition coefficient (Wildman–Crippen LogP) is 4.37. The summed E-state index contributed by atoms with van der Waals surface area (Å²) in [6.07, 6.45) is 2.12. The number of benzene rings is 2. The van der Waals surface area contributed by atoms with Gasteiger partial charge in [-0.15, -0.1) is 0 Å². The molecule has 0 saturated heterocycles. The summed E-state index contributed by atoms with van der Waals surface area (Å²) in [5.41, 5.74) is -1.89. The number of para-hydroxylation sites is 1. The summed E-state index contributed by atoms with van der Waals surface area (Å²) in [6.45, 7) is 2.06. The van der Waals surface area contributed by atoms with Crippen LogP contribution in [0.5, 0.6) is 5.75 Å². The minimum absolute atomic E-state index is 0.272. The predicted molar refractivity (Wildman–Crippen MR) is 103 cm³/mol. The zero-order valence-electron chi connectivity index (χ0n) is 15.8. The lowest BCUT2D eigenvalue weighted by Crippen LogP contribution is -2.61. The molecule has 2 unspecified atom stereocenters. The number of hydrogen-bond acceptors (Lipinski definition) is 4. The molecule has 0 fully saturated rings. The number of carbonyl (C=O) groups is 2. The van der Waals surface area contributed by atoms with E-state index in [0.29, 0.717) is 12.2 Å². The first-order valence-electron chi connectivity index (χ1n) is 9.16. The Bertz CT molecular complexity index is 729. The van der Waals surface area contributed by atoms with Crippen molar-refractivity contribution in [2.45, 2.75) is 44.3 Å². The third kappa shape index (κ3) is 4.74. The standard InChI is InChI=1S/C22H26O5/c1-3-4-7-16-19(26-2)22(21(24)25,27-18-14-10-6-11-15-18)20(23)17-12-8-5-9-13-17/h5-6,8-15,19H,3-4,7,16H2,1-2H3,(H,24,25). The Morgan fingerprint density at radius 3 is 2.11 bits per heavy atom. The number of rotatable bonds is 11. The van der Waals surface area contributed by atoms with E-state index in [1.807, 2.05) is 0 Å². The molecule has 0 aliphatic carbocycles. The van der Waals surface area contributed by atoms with Crippen molar-refractivity contribution in [3.8, 4) is 5.75 Å². The van der Waals surface area contributed by atoms with E-state index in [9.17, 15) is 14.7 Å². The van der Waals surface area contributed by atoms with Crippen LogP contribution in [0.3, 0.4) is 0 Å². The normalized spacial score (nSPS) is 14.1. The molecule has 0 saturated carbocycles. The lowest BCUT2D eigenvalue weighted by atomic mass is 9.84. The molecule has 0 aliphatic rings. The van der Waals surface area contributed by atoms with Crippen LogP contribution in [0.2, 0.25) is 0 Å². The van der Waals surface area contributed by atoms with Crippen LogP contribution in [0.1, 0.15) is 43.0 Å². The fourth-order valence-electron chi connectivity index (χ4n) is 3.08. The van der Waals surface area contributed by atoms with Crippen LogP contribution >= 0.6 is 0 Å². The van der Waals surface area contributed by atoms with Crippen molar-refractivity contribution in [2.75, 3.05) is 7.11 Å². The molecule has 0 amide bonds. The summed E-state index contributed by atoms with van der Waals surface area (Å²) in [4.78, 5) is 25.8. The number of hydrogen-bond donors (Lipinski definition) is 1. The molecular formula is C22H26O5. The van der Waals surface area contributed by atoms with E-state index in [2.05, 4.69) is 6.92 Å². The topological polar surface area (TPSA) is 72.8 Å². The number of Topliss-reactive ketones (excluding diaryl/α,β-unsaturated/α-hetero) is 1. The van der Waals surface area contributed by atoms with Crippen LogP contribution < -0.4 is 4.74 Å². The number of carboxylic acid groups (broad SMARTS) is 1. The monoisotopic (exact) mass is 370 g/mol. The lowest BCUT2D eigenvalue weighted by molar-refractivity contribution is -0.162. The minimum atomic E-state index is -2.16. The third-order valence-corrected chi connectivity index (χ3v) is 4.52. The number of methoxy groups -OCH3 is 1. The summed E-state index contributed by atoms with van der Waals surface area (Å²) in [5.74, 6) is -1.67. The quantitative estimate of drug-likeness (QED) is 0.361. The maximum atomic E-state index is 13.4. The first-order valence-corrected chi connectivity index (χ1v) is 9.16. The van der Waals surface area contributed by atoms with Gasteiger partial charge in [-0.1, -0.05) is 74.7 Å². The first kappa shape index (κ1) is 20.6. The van der Waals surface area contributed by atoms with E-state index in [1.165, 1.54) is 7.11 Å². The summed E-state index contributed by atoms with van der Waals surface area (Å²) < 4.78 is 11.4. The molecule has 144 valence electrons. The maximum absolute atomic E-state index is 13.4. The molecule has 0 heterocycles. The zero-order valence-corrected chi connectivity index (χ0v) is 15.8. The Morgan fingerprint density at radius 2 is 1.59 bits per heavy atom. The van der Waals surface area contributed by atoms with Gasteiger partial charge in [-0.2, -0.15) is 0 Å². The number of ether oxygens (including phenoxy) is 2. The molecule has 0 spiro atoms. The van der Waals surface area contributed by atoms with E-state index in [-0.39, 0.29) is 5.56 Å². The Balaban J connectivity index is 2.52. The first-order chi connectivity index (χ1) is 13.1. The summed E-state index contributed by atoms with van der Waals surface area (Å²) in [5, 5.41) is 10.1. The molecule has 2 aromatic carbocycles. The Labute approximate surface area is 159 Å². The van der Waals surface area contributed by atoms with Crippen molar-refractivity contribution in [3.63, 3.8) is 0 Å².